The van der Waals surface area contributed by atoms with E-state index in [-0.39, 0.29) is 12.6 Å². The van der Waals surface area contributed by atoms with Gasteiger partial charge in [0.1, 0.15) is 5.75 Å². The van der Waals surface area contributed by atoms with Gasteiger partial charge in [-0.2, -0.15) is 11.8 Å². The summed E-state index contributed by atoms with van der Waals surface area (Å²) in [6.45, 7) is 1.84. The molecule has 0 spiro atoms. The number of Topliss-reactive ketones (excluding diaryl/α,β-unsaturated/α-hetero) is 1. The van der Waals surface area contributed by atoms with E-state index in [2.05, 4.69) is 15.9 Å². The third kappa shape index (κ3) is 3.70. The van der Waals surface area contributed by atoms with Crippen LogP contribution in [0.5, 0.6) is 17.2 Å². The van der Waals surface area contributed by atoms with Crippen molar-refractivity contribution >= 4 is 33.5 Å². The average molecular weight is 409 g/mol. The number of carbonyl (C=O) groups excluding carboxylic acids is 1. The first-order valence-electron chi connectivity index (χ1n) is 7.42. The van der Waals surface area contributed by atoms with Crippen LogP contribution in [-0.4, -0.2) is 19.7 Å². The number of halogens is 1. The van der Waals surface area contributed by atoms with Crippen LogP contribution in [0.25, 0.3) is 0 Å². The van der Waals surface area contributed by atoms with E-state index in [1.54, 1.807) is 31.9 Å². The molecule has 0 amide bonds. The molecule has 1 heterocycles. The molecule has 4 nitrogen and oxygen atoms in total. The Morgan fingerprint density at radius 1 is 1.17 bits per heavy atom. The summed E-state index contributed by atoms with van der Waals surface area (Å²) in [4.78, 5) is 11.6. The fourth-order valence-electron chi connectivity index (χ4n) is 2.45. The minimum atomic E-state index is 0.0578. The molecule has 0 fully saturated rings. The van der Waals surface area contributed by atoms with Gasteiger partial charge in [0.2, 0.25) is 6.79 Å². The van der Waals surface area contributed by atoms with Crippen LogP contribution in [0.15, 0.2) is 34.8 Å². The van der Waals surface area contributed by atoms with Crippen molar-refractivity contribution in [3.8, 4) is 17.2 Å². The van der Waals surface area contributed by atoms with Crippen LogP contribution in [0.2, 0.25) is 0 Å². The molecule has 1 aliphatic rings. The van der Waals surface area contributed by atoms with E-state index in [9.17, 15) is 4.79 Å². The second-order valence-electron chi connectivity index (χ2n) is 5.37. The van der Waals surface area contributed by atoms with Crippen molar-refractivity contribution in [1.29, 1.82) is 0 Å². The number of carbonyl (C=O) groups is 1. The first-order valence-corrected chi connectivity index (χ1v) is 9.37. The smallest absolute Gasteiger partial charge is 0.231 e. The Balaban J connectivity index is 1.70. The van der Waals surface area contributed by atoms with E-state index in [0.29, 0.717) is 5.56 Å². The third-order valence-electron chi connectivity index (χ3n) is 3.74. The van der Waals surface area contributed by atoms with Gasteiger partial charge < -0.3 is 14.2 Å². The molecule has 0 unspecified atom stereocenters. The maximum atomic E-state index is 11.6. The van der Waals surface area contributed by atoms with Gasteiger partial charge in [0.15, 0.2) is 17.3 Å². The largest absolute Gasteiger partial charge is 0.496 e. The lowest BCUT2D eigenvalue weighted by atomic mass is 10.1. The summed E-state index contributed by atoms with van der Waals surface area (Å²) < 4.78 is 17.2. The van der Waals surface area contributed by atoms with Gasteiger partial charge >= 0.3 is 0 Å². The van der Waals surface area contributed by atoms with Crippen LogP contribution in [0.4, 0.5) is 0 Å². The Bertz CT molecular complexity index is 776. The molecule has 0 aliphatic carbocycles. The summed E-state index contributed by atoms with van der Waals surface area (Å²) in [7, 11) is 1.64. The fourth-order valence-corrected chi connectivity index (χ4v) is 4.11. The van der Waals surface area contributed by atoms with E-state index in [1.807, 2.05) is 24.3 Å². The number of hydrogen-bond acceptors (Lipinski definition) is 5. The van der Waals surface area contributed by atoms with Crippen LogP contribution < -0.4 is 14.2 Å². The number of thioether (sulfide) groups is 1. The molecule has 1 aliphatic heterocycles. The van der Waals surface area contributed by atoms with Crippen molar-refractivity contribution in [3.63, 3.8) is 0 Å². The number of ether oxygens (including phenoxy) is 3. The number of fused-ring (bicyclic) bond motifs is 1. The van der Waals surface area contributed by atoms with Gasteiger partial charge in [-0.25, -0.2) is 0 Å². The summed E-state index contributed by atoms with van der Waals surface area (Å²) >= 11 is 5.33. The predicted molar refractivity (Wildman–Crippen MR) is 98.3 cm³/mol. The quantitative estimate of drug-likeness (QED) is 0.640. The highest BCUT2D eigenvalue weighted by Gasteiger charge is 2.16. The molecule has 0 N–H and O–H groups in total. The maximum Gasteiger partial charge on any atom is 0.231 e. The van der Waals surface area contributed by atoms with Crippen molar-refractivity contribution < 1.29 is 19.0 Å². The summed E-state index contributed by atoms with van der Waals surface area (Å²) in [5.41, 5.74) is 2.87. The second-order valence-corrected chi connectivity index (χ2v) is 7.21. The summed E-state index contributed by atoms with van der Waals surface area (Å²) in [6.07, 6.45) is 0. The van der Waals surface area contributed by atoms with Crippen molar-refractivity contribution in [2.24, 2.45) is 0 Å². The van der Waals surface area contributed by atoms with Crippen molar-refractivity contribution in [3.05, 3.63) is 51.5 Å². The zero-order chi connectivity index (χ0) is 17.1. The fraction of sp³-hybridized carbons (Fsp3) is 0.278. The summed E-state index contributed by atoms with van der Waals surface area (Å²) in [5, 5.41) is 0. The lowest BCUT2D eigenvalue weighted by molar-refractivity contribution is 0.101. The van der Waals surface area contributed by atoms with Crippen molar-refractivity contribution in [1.82, 2.24) is 0 Å². The van der Waals surface area contributed by atoms with Crippen LogP contribution in [0, 0.1) is 0 Å². The molecule has 126 valence electrons. The van der Waals surface area contributed by atoms with Gasteiger partial charge in [-0.05, 0) is 42.8 Å². The van der Waals surface area contributed by atoms with E-state index in [0.717, 1.165) is 44.4 Å². The lowest BCUT2D eigenvalue weighted by Gasteiger charge is -2.11. The van der Waals surface area contributed by atoms with E-state index in [1.165, 1.54) is 0 Å². The normalized spacial score (nSPS) is 12.3. The number of methoxy groups -OCH3 is 1. The molecule has 2 aromatic carbocycles. The van der Waals surface area contributed by atoms with Crippen molar-refractivity contribution in [2.45, 2.75) is 18.4 Å². The molecule has 0 saturated carbocycles. The Morgan fingerprint density at radius 2 is 1.88 bits per heavy atom. The monoisotopic (exact) mass is 408 g/mol. The second kappa shape index (κ2) is 7.49. The number of hydrogen-bond donors (Lipinski definition) is 0. The number of ketones is 1. The number of benzene rings is 2. The topological polar surface area (TPSA) is 44.8 Å². The first-order chi connectivity index (χ1) is 11.6. The molecule has 2 aromatic rings. The first kappa shape index (κ1) is 17.2. The van der Waals surface area contributed by atoms with Crippen LogP contribution >= 0.6 is 27.7 Å². The molecule has 24 heavy (non-hydrogen) atoms. The highest BCUT2D eigenvalue weighted by atomic mass is 79.9. The molecule has 6 heteroatoms. The highest BCUT2D eigenvalue weighted by Crippen LogP contribution is 2.38. The molecule has 0 bridgehead atoms. The molecule has 0 aromatic heterocycles. The zero-order valence-corrected chi connectivity index (χ0v) is 15.8. The van der Waals surface area contributed by atoms with Gasteiger partial charge in [-0.15, -0.1) is 0 Å². The minimum absolute atomic E-state index is 0.0578. The molecule has 3 rings (SSSR count). The van der Waals surface area contributed by atoms with Gasteiger partial charge in [0.25, 0.3) is 0 Å². The van der Waals surface area contributed by atoms with Gasteiger partial charge in [-0.3, -0.25) is 4.79 Å². The molecular weight excluding hydrogens is 392 g/mol. The molecule has 0 atom stereocenters. The zero-order valence-electron chi connectivity index (χ0n) is 13.4. The third-order valence-corrected chi connectivity index (χ3v) is 5.51. The Labute approximate surface area is 153 Å². The standard InChI is InChI=1S/C18H17BrO4S/c1-11(20)12-3-4-16(21-2)14(5-12)9-24-8-13-6-17-18(7-15(13)19)23-10-22-17/h3-7H,8-10H2,1-2H3. The van der Waals surface area contributed by atoms with E-state index in [4.69, 9.17) is 14.2 Å². The minimum Gasteiger partial charge on any atom is -0.496 e. The molecular formula is C18H17BrO4S. The highest BCUT2D eigenvalue weighted by molar-refractivity contribution is 9.10. The Morgan fingerprint density at radius 3 is 2.58 bits per heavy atom. The maximum absolute atomic E-state index is 11.6. The van der Waals surface area contributed by atoms with Crippen LogP contribution in [0.1, 0.15) is 28.4 Å². The Hall–Kier alpha value is -1.66. The Kier molecular flexibility index (Phi) is 5.36. The molecule has 0 saturated heterocycles. The lowest BCUT2D eigenvalue weighted by Crippen LogP contribution is -1.97. The number of rotatable bonds is 6. The van der Waals surface area contributed by atoms with E-state index >= 15 is 0 Å². The predicted octanol–water partition coefficient (Wildman–Crippen LogP) is 4.82. The van der Waals surface area contributed by atoms with E-state index < -0.39 is 0 Å². The van der Waals surface area contributed by atoms with Gasteiger partial charge in [0, 0.05) is 27.1 Å². The van der Waals surface area contributed by atoms with Crippen LogP contribution in [0.3, 0.4) is 0 Å². The van der Waals surface area contributed by atoms with Crippen LogP contribution in [-0.2, 0) is 11.5 Å². The molecule has 0 radical (unpaired) electrons. The SMILES string of the molecule is COc1ccc(C(C)=O)cc1CSCc1cc2c(cc1Br)OCO2. The average Bonchev–Trinajstić information content (AvgIpc) is 3.01. The summed E-state index contributed by atoms with van der Waals surface area (Å²) in [6, 6.07) is 9.49. The van der Waals surface area contributed by atoms with Gasteiger partial charge in [0.05, 0.1) is 7.11 Å². The van der Waals surface area contributed by atoms with Crippen molar-refractivity contribution in [2.75, 3.05) is 13.9 Å². The summed E-state index contributed by atoms with van der Waals surface area (Å²) in [5.74, 6) is 3.98. The van der Waals surface area contributed by atoms with Gasteiger partial charge in [-0.1, -0.05) is 15.9 Å².